The zero-order valence-corrected chi connectivity index (χ0v) is 21.1. The molecule has 0 spiro atoms. The molecule has 0 aliphatic carbocycles. The molecule has 0 saturated carbocycles. The van der Waals surface area contributed by atoms with Gasteiger partial charge in [0.2, 0.25) is 0 Å². The van der Waals surface area contributed by atoms with E-state index in [1.54, 1.807) is 31.2 Å². The zero-order valence-electron chi connectivity index (χ0n) is 21.1. The highest BCUT2D eigenvalue weighted by Crippen LogP contribution is 2.37. The van der Waals surface area contributed by atoms with Crippen LogP contribution in [0.3, 0.4) is 0 Å². The topological polar surface area (TPSA) is 58.6 Å². The van der Waals surface area contributed by atoms with E-state index in [0.29, 0.717) is 0 Å². The van der Waals surface area contributed by atoms with Gasteiger partial charge in [-0.15, -0.1) is 0 Å². The van der Waals surface area contributed by atoms with E-state index in [1.165, 1.54) is 11.0 Å². The predicted octanol–water partition coefficient (Wildman–Crippen LogP) is 6.84. The molecular formula is C28H26F6N2O3. The van der Waals surface area contributed by atoms with E-state index < -0.39 is 41.9 Å². The molecule has 5 nitrogen and oxygen atoms in total. The number of ether oxygens (including phenoxy) is 1. The molecule has 0 atom stereocenters. The van der Waals surface area contributed by atoms with Crippen molar-refractivity contribution in [3.63, 3.8) is 0 Å². The molecule has 3 aromatic carbocycles. The van der Waals surface area contributed by atoms with Gasteiger partial charge in [0.1, 0.15) is 0 Å². The van der Waals surface area contributed by atoms with Crippen molar-refractivity contribution in [2.75, 3.05) is 13.7 Å². The molecule has 3 rings (SSSR count). The summed E-state index contributed by atoms with van der Waals surface area (Å²) >= 11 is 0. The van der Waals surface area contributed by atoms with Crippen LogP contribution in [0.5, 0.6) is 0 Å². The summed E-state index contributed by atoms with van der Waals surface area (Å²) < 4.78 is 86.3. The maximum absolute atomic E-state index is 13.7. The first-order valence-electron chi connectivity index (χ1n) is 11.9. The molecule has 0 saturated heterocycles. The normalized spacial score (nSPS) is 11.7. The third-order valence-corrected chi connectivity index (χ3v) is 5.96. The minimum absolute atomic E-state index is 0.00937. The Labute approximate surface area is 221 Å². The Balaban J connectivity index is 2.04. The number of carbonyl (C=O) groups excluding carboxylic acids is 2. The lowest BCUT2D eigenvalue weighted by molar-refractivity contribution is -0.140. The molecule has 0 aliphatic heterocycles. The standard InChI is InChI=1S/C28H26F6N2O3/c1-3-36(26(38)35-16-18-7-5-4-6-8-18)17-21-15-22(27(29,30)31)9-10-24(21)20-11-19(13-25(37)39-2)12-23(14-20)28(32,33)34/h4-12,14-15H,3,13,16-17H2,1-2H3,(H,35,38). The molecular weight excluding hydrogens is 526 g/mol. The van der Waals surface area contributed by atoms with Crippen LogP contribution in [-0.4, -0.2) is 30.6 Å². The Morgan fingerprint density at radius 1 is 0.846 bits per heavy atom. The van der Waals surface area contributed by atoms with Crippen LogP contribution in [0.2, 0.25) is 0 Å². The van der Waals surface area contributed by atoms with Gasteiger partial charge in [-0.2, -0.15) is 26.3 Å². The average molecular weight is 553 g/mol. The van der Waals surface area contributed by atoms with Crippen LogP contribution in [0.1, 0.15) is 34.7 Å². The number of methoxy groups -OCH3 is 1. The number of carbonyl (C=O) groups is 2. The van der Waals surface area contributed by atoms with Crippen LogP contribution in [0.25, 0.3) is 11.1 Å². The van der Waals surface area contributed by atoms with Crippen molar-refractivity contribution in [3.8, 4) is 11.1 Å². The fraction of sp³-hybridized carbons (Fsp3) is 0.286. The van der Waals surface area contributed by atoms with Gasteiger partial charge in [-0.25, -0.2) is 4.79 Å². The van der Waals surface area contributed by atoms with Gasteiger partial charge in [0, 0.05) is 19.6 Å². The van der Waals surface area contributed by atoms with E-state index in [1.807, 2.05) is 6.07 Å². The summed E-state index contributed by atoms with van der Waals surface area (Å²) in [6.45, 7) is 1.62. The number of halogens is 6. The highest BCUT2D eigenvalue weighted by atomic mass is 19.4. The third kappa shape index (κ3) is 7.98. The molecule has 0 aliphatic rings. The minimum atomic E-state index is -4.78. The number of esters is 1. The first-order valence-corrected chi connectivity index (χ1v) is 11.9. The molecule has 208 valence electrons. The largest absolute Gasteiger partial charge is 0.469 e. The molecule has 11 heteroatoms. The second kappa shape index (κ2) is 12.2. The van der Waals surface area contributed by atoms with Gasteiger partial charge in [-0.3, -0.25) is 4.79 Å². The number of nitrogens with zero attached hydrogens (tertiary/aromatic N) is 1. The number of alkyl halides is 6. The van der Waals surface area contributed by atoms with Gasteiger partial charge in [-0.05, 0) is 59.0 Å². The van der Waals surface area contributed by atoms with Gasteiger partial charge in [0.25, 0.3) is 0 Å². The van der Waals surface area contributed by atoms with Crippen LogP contribution in [0, 0.1) is 0 Å². The van der Waals surface area contributed by atoms with Gasteiger partial charge in [-0.1, -0.05) is 42.5 Å². The Hall–Kier alpha value is -4.02. The quantitative estimate of drug-likeness (QED) is 0.246. The molecule has 0 fully saturated rings. The number of benzene rings is 3. The molecule has 2 amide bonds. The monoisotopic (exact) mass is 552 g/mol. The molecule has 0 radical (unpaired) electrons. The SMILES string of the molecule is CCN(Cc1cc(C(F)(F)F)ccc1-c1cc(CC(=O)OC)cc(C(F)(F)F)c1)C(=O)NCc1ccccc1. The Morgan fingerprint density at radius 3 is 2.10 bits per heavy atom. The summed E-state index contributed by atoms with van der Waals surface area (Å²) in [5, 5.41) is 2.71. The summed E-state index contributed by atoms with van der Waals surface area (Å²) in [4.78, 5) is 25.9. The van der Waals surface area contributed by atoms with Crippen LogP contribution in [0.4, 0.5) is 31.1 Å². The number of hydrogen-bond donors (Lipinski definition) is 1. The van der Waals surface area contributed by atoms with Crippen molar-refractivity contribution >= 4 is 12.0 Å². The maximum Gasteiger partial charge on any atom is 0.416 e. The van der Waals surface area contributed by atoms with Crippen molar-refractivity contribution in [2.24, 2.45) is 0 Å². The molecule has 1 N–H and O–H groups in total. The summed E-state index contributed by atoms with van der Waals surface area (Å²) in [7, 11) is 1.09. The van der Waals surface area contributed by atoms with Gasteiger partial charge >= 0.3 is 24.4 Å². The summed E-state index contributed by atoms with van der Waals surface area (Å²) in [5.74, 6) is -0.778. The lowest BCUT2D eigenvalue weighted by Gasteiger charge is -2.24. The van der Waals surface area contributed by atoms with E-state index in [0.717, 1.165) is 43.0 Å². The van der Waals surface area contributed by atoms with Crippen LogP contribution < -0.4 is 5.32 Å². The van der Waals surface area contributed by atoms with E-state index >= 15 is 0 Å². The zero-order chi connectivity index (χ0) is 28.8. The number of nitrogens with one attached hydrogen (secondary N) is 1. The van der Waals surface area contributed by atoms with Crippen molar-refractivity contribution in [1.82, 2.24) is 10.2 Å². The third-order valence-electron chi connectivity index (χ3n) is 5.96. The fourth-order valence-corrected chi connectivity index (χ4v) is 3.95. The van der Waals surface area contributed by atoms with Crippen molar-refractivity contribution in [3.05, 3.63) is 94.5 Å². The molecule has 0 bridgehead atoms. The smallest absolute Gasteiger partial charge is 0.416 e. The minimum Gasteiger partial charge on any atom is -0.469 e. The van der Waals surface area contributed by atoms with Crippen LogP contribution in [-0.2, 0) is 41.4 Å². The summed E-state index contributed by atoms with van der Waals surface area (Å²) in [6.07, 6.45) is -9.96. The predicted molar refractivity (Wildman–Crippen MR) is 132 cm³/mol. The number of rotatable bonds is 8. The Bertz CT molecular complexity index is 1310. The Kier molecular flexibility index (Phi) is 9.26. The van der Waals surface area contributed by atoms with Gasteiger partial charge in [0.05, 0.1) is 24.7 Å². The second-order valence-electron chi connectivity index (χ2n) is 8.70. The van der Waals surface area contributed by atoms with E-state index in [-0.39, 0.29) is 41.9 Å². The lowest BCUT2D eigenvalue weighted by atomic mass is 9.93. The average Bonchev–Trinajstić information content (AvgIpc) is 2.89. The number of urea groups is 1. The molecule has 0 heterocycles. The van der Waals surface area contributed by atoms with Gasteiger partial charge < -0.3 is 15.0 Å². The molecule has 39 heavy (non-hydrogen) atoms. The van der Waals surface area contributed by atoms with Crippen molar-refractivity contribution in [2.45, 2.75) is 38.8 Å². The number of hydrogen-bond acceptors (Lipinski definition) is 3. The van der Waals surface area contributed by atoms with E-state index in [4.69, 9.17) is 0 Å². The van der Waals surface area contributed by atoms with Crippen LogP contribution in [0.15, 0.2) is 66.7 Å². The summed E-state index contributed by atoms with van der Waals surface area (Å²) in [5.41, 5.74) is -1.29. The fourth-order valence-electron chi connectivity index (χ4n) is 3.95. The molecule has 0 aromatic heterocycles. The van der Waals surface area contributed by atoms with Crippen LogP contribution >= 0.6 is 0 Å². The maximum atomic E-state index is 13.7. The first-order chi connectivity index (χ1) is 18.3. The molecule has 3 aromatic rings. The molecule has 0 unspecified atom stereocenters. The van der Waals surface area contributed by atoms with Crippen molar-refractivity contribution < 1.29 is 40.7 Å². The summed E-state index contributed by atoms with van der Waals surface area (Å²) in [6, 6.07) is 14.0. The van der Waals surface area contributed by atoms with Gasteiger partial charge in [0.15, 0.2) is 0 Å². The highest BCUT2D eigenvalue weighted by molar-refractivity contribution is 5.77. The first kappa shape index (κ1) is 29.5. The highest BCUT2D eigenvalue weighted by Gasteiger charge is 2.33. The lowest BCUT2D eigenvalue weighted by Crippen LogP contribution is -2.39. The van der Waals surface area contributed by atoms with E-state index in [9.17, 15) is 35.9 Å². The van der Waals surface area contributed by atoms with E-state index in [2.05, 4.69) is 10.1 Å². The van der Waals surface area contributed by atoms with Crippen molar-refractivity contribution in [1.29, 1.82) is 0 Å². The second-order valence-corrected chi connectivity index (χ2v) is 8.70. The number of amides is 2. The Morgan fingerprint density at radius 2 is 1.51 bits per heavy atom.